The summed E-state index contributed by atoms with van der Waals surface area (Å²) in [6, 6.07) is 6.12. The number of halogens is 1. The predicted octanol–water partition coefficient (Wildman–Crippen LogP) is 1.17. The summed E-state index contributed by atoms with van der Waals surface area (Å²) in [5.74, 6) is -0.237. The Kier molecular flexibility index (Phi) is 3.19. The van der Waals surface area contributed by atoms with E-state index in [0.717, 1.165) is 12.0 Å². The molecule has 0 bridgehead atoms. The van der Waals surface area contributed by atoms with Crippen molar-refractivity contribution in [2.24, 2.45) is 11.5 Å². The topological polar surface area (TPSA) is 52.0 Å². The summed E-state index contributed by atoms with van der Waals surface area (Å²) in [4.78, 5) is 0. The van der Waals surface area contributed by atoms with Crippen LogP contribution in [0.25, 0.3) is 0 Å². The molecule has 1 aromatic rings. The Morgan fingerprint density at radius 1 is 1.25 bits per heavy atom. The molecule has 3 heteroatoms. The minimum absolute atomic E-state index is 0.0735. The molecule has 2 nitrogen and oxygen atoms in total. The zero-order valence-electron chi connectivity index (χ0n) is 6.83. The second kappa shape index (κ2) is 4.18. The Bertz CT molecular complexity index is 233. The Morgan fingerprint density at radius 2 is 1.83 bits per heavy atom. The van der Waals surface area contributed by atoms with E-state index in [0.29, 0.717) is 6.54 Å². The molecule has 1 rings (SSSR count). The lowest BCUT2D eigenvalue weighted by molar-refractivity contribution is 0.621. The van der Waals surface area contributed by atoms with Gasteiger partial charge in [0.05, 0.1) is 0 Å². The third-order valence-electron chi connectivity index (χ3n) is 1.78. The maximum Gasteiger partial charge on any atom is 0.123 e. The zero-order valence-corrected chi connectivity index (χ0v) is 6.83. The lowest BCUT2D eigenvalue weighted by atomic mass is 10.1. The predicted molar refractivity (Wildman–Crippen MR) is 47.0 cm³/mol. The number of benzene rings is 1. The van der Waals surface area contributed by atoms with Crippen LogP contribution in [-0.4, -0.2) is 6.54 Å². The van der Waals surface area contributed by atoms with Gasteiger partial charge in [0.1, 0.15) is 5.82 Å². The highest BCUT2D eigenvalue weighted by atomic mass is 19.1. The van der Waals surface area contributed by atoms with Crippen molar-refractivity contribution in [3.63, 3.8) is 0 Å². The Morgan fingerprint density at radius 3 is 2.33 bits per heavy atom. The minimum Gasteiger partial charge on any atom is -0.330 e. The summed E-state index contributed by atoms with van der Waals surface area (Å²) in [5.41, 5.74) is 12.0. The van der Waals surface area contributed by atoms with E-state index >= 15 is 0 Å². The molecule has 66 valence electrons. The quantitative estimate of drug-likeness (QED) is 0.712. The van der Waals surface area contributed by atoms with Crippen molar-refractivity contribution in [2.45, 2.75) is 12.5 Å². The molecule has 0 amide bonds. The molecule has 1 unspecified atom stereocenters. The van der Waals surface area contributed by atoms with Crippen molar-refractivity contribution in [3.8, 4) is 0 Å². The fraction of sp³-hybridized carbons (Fsp3) is 0.333. The summed E-state index contributed by atoms with van der Waals surface area (Å²) in [6.07, 6.45) is 0.728. The van der Waals surface area contributed by atoms with Gasteiger partial charge in [-0.3, -0.25) is 0 Å². The molecule has 1 aromatic carbocycles. The van der Waals surface area contributed by atoms with Gasteiger partial charge in [0.15, 0.2) is 0 Å². The van der Waals surface area contributed by atoms with Crippen LogP contribution in [0.15, 0.2) is 24.3 Å². The summed E-state index contributed by atoms with van der Waals surface area (Å²) >= 11 is 0. The van der Waals surface area contributed by atoms with E-state index < -0.39 is 0 Å². The van der Waals surface area contributed by atoms with Gasteiger partial charge in [0.2, 0.25) is 0 Å². The molecule has 0 fully saturated rings. The molecule has 0 spiro atoms. The van der Waals surface area contributed by atoms with Crippen molar-refractivity contribution in [2.75, 3.05) is 6.54 Å². The third-order valence-corrected chi connectivity index (χ3v) is 1.78. The standard InChI is InChI=1S/C9H13FN2/c10-8-3-1-7(2-4-8)9(12)5-6-11/h1-4,9H,5-6,11-12H2. The Labute approximate surface area is 71.4 Å². The summed E-state index contributed by atoms with van der Waals surface area (Å²) in [7, 11) is 0. The van der Waals surface area contributed by atoms with Crippen molar-refractivity contribution < 1.29 is 4.39 Å². The Hall–Kier alpha value is -0.930. The first kappa shape index (κ1) is 9.16. The van der Waals surface area contributed by atoms with Gasteiger partial charge in [0.25, 0.3) is 0 Å². The first-order valence-corrected chi connectivity index (χ1v) is 3.95. The van der Waals surface area contributed by atoms with Gasteiger partial charge in [-0.25, -0.2) is 4.39 Å². The second-order valence-electron chi connectivity index (χ2n) is 2.74. The minimum atomic E-state index is -0.237. The lowest BCUT2D eigenvalue weighted by Gasteiger charge is -2.09. The molecule has 0 saturated carbocycles. The van der Waals surface area contributed by atoms with Crippen molar-refractivity contribution in [1.82, 2.24) is 0 Å². The molecule has 0 aliphatic carbocycles. The smallest absolute Gasteiger partial charge is 0.123 e. The van der Waals surface area contributed by atoms with Gasteiger partial charge in [-0.2, -0.15) is 0 Å². The number of nitrogens with two attached hydrogens (primary N) is 2. The average molecular weight is 168 g/mol. The van der Waals surface area contributed by atoms with Crippen LogP contribution in [0.1, 0.15) is 18.0 Å². The van der Waals surface area contributed by atoms with Crippen LogP contribution in [0.4, 0.5) is 4.39 Å². The molecule has 0 aromatic heterocycles. The van der Waals surface area contributed by atoms with Gasteiger partial charge in [-0.15, -0.1) is 0 Å². The first-order chi connectivity index (χ1) is 5.74. The SMILES string of the molecule is NCCC(N)c1ccc(F)cc1. The number of hydrogen-bond donors (Lipinski definition) is 2. The summed E-state index contributed by atoms with van der Waals surface area (Å²) in [5, 5.41) is 0. The maximum atomic E-state index is 12.5. The van der Waals surface area contributed by atoms with Gasteiger partial charge < -0.3 is 11.5 Å². The van der Waals surface area contributed by atoms with Crippen LogP contribution < -0.4 is 11.5 Å². The molecular weight excluding hydrogens is 155 g/mol. The molecule has 0 saturated heterocycles. The third kappa shape index (κ3) is 2.29. The van der Waals surface area contributed by atoms with E-state index in [1.807, 2.05) is 0 Å². The Balaban J connectivity index is 2.68. The molecule has 1 atom stereocenters. The van der Waals surface area contributed by atoms with E-state index in [2.05, 4.69) is 0 Å². The highest BCUT2D eigenvalue weighted by molar-refractivity contribution is 5.19. The van der Waals surface area contributed by atoms with Crippen LogP contribution in [-0.2, 0) is 0 Å². The van der Waals surface area contributed by atoms with Crippen molar-refractivity contribution >= 4 is 0 Å². The molecular formula is C9H13FN2. The number of rotatable bonds is 3. The molecule has 0 heterocycles. The fourth-order valence-electron chi connectivity index (χ4n) is 1.06. The van der Waals surface area contributed by atoms with E-state index in [4.69, 9.17) is 11.5 Å². The van der Waals surface area contributed by atoms with Crippen molar-refractivity contribution in [1.29, 1.82) is 0 Å². The monoisotopic (exact) mass is 168 g/mol. The van der Waals surface area contributed by atoms with Crippen LogP contribution in [0, 0.1) is 5.82 Å². The maximum absolute atomic E-state index is 12.5. The normalized spacial score (nSPS) is 12.9. The summed E-state index contributed by atoms with van der Waals surface area (Å²) < 4.78 is 12.5. The van der Waals surface area contributed by atoms with Crippen LogP contribution in [0.2, 0.25) is 0 Å². The van der Waals surface area contributed by atoms with E-state index in [1.54, 1.807) is 12.1 Å². The largest absolute Gasteiger partial charge is 0.330 e. The van der Waals surface area contributed by atoms with Gasteiger partial charge in [0, 0.05) is 6.04 Å². The molecule has 0 aliphatic rings. The van der Waals surface area contributed by atoms with E-state index in [9.17, 15) is 4.39 Å². The molecule has 0 aliphatic heterocycles. The van der Waals surface area contributed by atoms with Gasteiger partial charge in [-0.05, 0) is 30.7 Å². The fourth-order valence-corrected chi connectivity index (χ4v) is 1.06. The highest BCUT2D eigenvalue weighted by Gasteiger charge is 2.03. The van der Waals surface area contributed by atoms with E-state index in [-0.39, 0.29) is 11.9 Å². The zero-order chi connectivity index (χ0) is 8.97. The van der Waals surface area contributed by atoms with Crippen LogP contribution in [0.3, 0.4) is 0 Å². The highest BCUT2D eigenvalue weighted by Crippen LogP contribution is 2.13. The lowest BCUT2D eigenvalue weighted by Crippen LogP contribution is -2.15. The van der Waals surface area contributed by atoms with Crippen molar-refractivity contribution in [3.05, 3.63) is 35.6 Å². The molecule has 12 heavy (non-hydrogen) atoms. The van der Waals surface area contributed by atoms with Crippen LogP contribution >= 0.6 is 0 Å². The van der Waals surface area contributed by atoms with Gasteiger partial charge in [-0.1, -0.05) is 12.1 Å². The second-order valence-corrected chi connectivity index (χ2v) is 2.74. The number of hydrogen-bond acceptors (Lipinski definition) is 2. The average Bonchev–Trinajstić information content (AvgIpc) is 2.06. The molecule has 0 radical (unpaired) electrons. The molecule has 4 N–H and O–H groups in total. The van der Waals surface area contributed by atoms with E-state index in [1.165, 1.54) is 12.1 Å². The van der Waals surface area contributed by atoms with Crippen LogP contribution in [0.5, 0.6) is 0 Å². The first-order valence-electron chi connectivity index (χ1n) is 3.95. The summed E-state index contributed by atoms with van der Waals surface area (Å²) in [6.45, 7) is 0.554. The van der Waals surface area contributed by atoms with Gasteiger partial charge >= 0.3 is 0 Å².